The molecule has 168 valence electrons. The third-order valence-corrected chi connectivity index (χ3v) is 6.76. The number of ether oxygens (including phenoxy) is 1. The van der Waals surface area contributed by atoms with Gasteiger partial charge in [-0.3, -0.25) is 9.10 Å². The number of anilines is 1. The fourth-order valence-corrected chi connectivity index (χ4v) is 4.81. The van der Waals surface area contributed by atoms with E-state index in [0.717, 1.165) is 16.9 Å². The fourth-order valence-electron chi connectivity index (χ4n) is 3.33. The number of nitrogens with zero attached hydrogens (tertiary/aromatic N) is 1. The smallest absolute Gasteiger partial charge is 0.264 e. The summed E-state index contributed by atoms with van der Waals surface area (Å²) in [7, 11) is -3.92. The van der Waals surface area contributed by atoms with Crippen molar-refractivity contribution >= 4 is 21.6 Å². The zero-order valence-electron chi connectivity index (χ0n) is 18.3. The molecule has 1 N–H and O–H groups in total. The van der Waals surface area contributed by atoms with E-state index in [1.54, 1.807) is 30.3 Å². The van der Waals surface area contributed by atoms with Gasteiger partial charge in [0.05, 0.1) is 17.2 Å². The number of hydrogen-bond acceptors (Lipinski definition) is 4. The van der Waals surface area contributed by atoms with Gasteiger partial charge in [0.2, 0.25) is 5.91 Å². The Morgan fingerprint density at radius 1 is 0.906 bits per heavy atom. The number of aryl methyl sites for hydroxylation is 1. The van der Waals surface area contributed by atoms with E-state index in [-0.39, 0.29) is 17.3 Å². The Bertz CT molecular complexity index is 1130. The Morgan fingerprint density at radius 3 is 2.22 bits per heavy atom. The Balaban J connectivity index is 1.82. The van der Waals surface area contributed by atoms with Gasteiger partial charge in [-0.25, -0.2) is 8.42 Å². The van der Waals surface area contributed by atoms with Gasteiger partial charge >= 0.3 is 0 Å². The molecule has 3 rings (SSSR count). The van der Waals surface area contributed by atoms with E-state index in [4.69, 9.17) is 4.74 Å². The summed E-state index contributed by atoms with van der Waals surface area (Å²) < 4.78 is 33.5. The first kappa shape index (κ1) is 23.3. The minimum Gasteiger partial charge on any atom is -0.494 e. The molecule has 6 nitrogen and oxygen atoms in total. The molecule has 0 saturated heterocycles. The van der Waals surface area contributed by atoms with Gasteiger partial charge in [0.1, 0.15) is 12.3 Å². The van der Waals surface area contributed by atoms with Crippen LogP contribution in [0.1, 0.15) is 25.0 Å². The van der Waals surface area contributed by atoms with E-state index >= 15 is 0 Å². The monoisotopic (exact) mass is 452 g/mol. The Morgan fingerprint density at radius 2 is 1.56 bits per heavy atom. The molecule has 0 fully saturated rings. The molecular formula is C25H28N2O4S. The van der Waals surface area contributed by atoms with Crippen molar-refractivity contribution < 1.29 is 17.9 Å². The first-order valence-electron chi connectivity index (χ1n) is 10.6. The Kier molecular flexibility index (Phi) is 7.89. The number of benzene rings is 3. The normalized spacial score (nSPS) is 11.1. The molecule has 32 heavy (non-hydrogen) atoms. The number of hydrogen-bond donors (Lipinski definition) is 1. The molecular weight excluding hydrogens is 424 g/mol. The van der Waals surface area contributed by atoms with Crippen LogP contribution in [-0.2, 0) is 27.8 Å². The average molecular weight is 453 g/mol. The number of carbonyl (C=O) groups excluding carboxylic acids is 1. The van der Waals surface area contributed by atoms with E-state index < -0.39 is 10.0 Å². The zero-order chi connectivity index (χ0) is 23.0. The summed E-state index contributed by atoms with van der Waals surface area (Å²) in [5, 5.41) is 2.83. The van der Waals surface area contributed by atoms with Crippen molar-refractivity contribution in [3.63, 3.8) is 0 Å². The molecule has 0 spiro atoms. The predicted octanol–water partition coefficient (Wildman–Crippen LogP) is 4.16. The lowest BCUT2D eigenvalue weighted by atomic mass is 10.1. The highest BCUT2D eigenvalue weighted by Gasteiger charge is 2.28. The van der Waals surface area contributed by atoms with Gasteiger partial charge in [0.25, 0.3) is 10.0 Å². The standard InChI is InChI=1S/C25H28N2O4S/c1-3-21-10-8-9-13-24(21)27(32(29,30)23-11-6-5-7-12-23)19-25(28)26-18-20-14-16-22(17-15-20)31-4-2/h5-17H,3-4,18-19H2,1-2H3,(H,26,28). The van der Waals surface area contributed by atoms with Crippen LogP contribution >= 0.6 is 0 Å². The summed E-state index contributed by atoms with van der Waals surface area (Å²) in [4.78, 5) is 12.9. The lowest BCUT2D eigenvalue weighted by molar-refractivity contribution is -0.119. The van der Waals surface area contributed by atoms with Crippen LogP contribution in [-0.4, -0.2) is 27.5 Å². The van der Waals surface area contributed by atoms with Crippen molar-refractivity contribution in [2.24, 2.45) is 0 Å². The highest BCUT2D eigenvalue weighted by atomic mass is 32.2. The summed E-state index contributed by atoms with van der Waals surface area (Å²) in [5.41, 5.74) is 2.26. The molecule has 0 aliphatic rings. The van der Waals surface area contributed by atoms with Crippen LogP contribution in [0.25, 0.3) is 0 Å². The zero-order valence-corrected chi connectivity index (χ0v) is 19.1. The molecule has 0 bridgehead atoms. The van der Waals surface area contributed by atoms with Gasteiger partial charge < -0.3 is 10.1 Å². The molecule has 1 amide bonds. The predicted molar refractivity (Wildman–Crippen MR) is 126 cm³/mol. The van der Waals surface area contributed by atoms with Gasteiger partial charge in [-0.1, -0.05) is 55.5 Å². The van der Waals surface area contributed by atoms with Crippen molar-refractivity contribution in [3.8, 4) is 5.75 Å². The van der Waals surface area contributed by atoms with Gasteiger partial charge in [0.15, 0.2) is 0 Å². The molecule has 0 aliphatic carbocycles. The van der Waals surface area contributed by atoms with E-state index in [2.05, 4.69) is 5.32 Å². The van der Waals surface area contributed by atoms with Crippen LogP contribution in [0.15, 0.2) is 83.8 Å². The quantitative estimate of drug-likeness (QED) is 0.501. The second-order valence-electron chi connectivity index (χ2n) is 7.16. The second kappa shape index (κ2) is 10.8. The second-order valence-corrected chi connectivity index (χ2v) is 9.02. The largest absolute Gasteiger partial charge is 0.494 e. The number of para-hydroxylation sites is 1. The van der Waals surface area contributed by atoms with Crippen molar-refractivity contribution in [1.82, 2.24) is 5.32 Å². The number of rotatable bonds is 10. The molecule has 0 atom stereocenters. The summed E-state index contributed by atoms with van der Waals surface area (Å²) in [6.07, 6.45) is 0.644. The number of nitrogens with one attached hydrogen (secondary N) is 1. The average Bonchev–Trinajstić information content (AvgIpc) is 2.82. The fraction of sp³-hybridized carbons (Fsp3) is 0.240. The summed E-state index contributed by atoms with van der Waals surface area (Å²) in [6.45, 7) is 4.43. The molecule has 3 aromatic carbocycles. The van der Waals surface area contributed by atoms with E-state index in [9.17, 15) is 13.2 Å². The molecule has 0 aromatic heterocycles. The summed E-state index contributed by atoms with van der Waals surface area (Å²) in [5.74, 6) is 0.378. The minimum atomic E-state index is -3.92. The van der Waals surface area contributed by atoms with Crippen LogP contribution in [0, 0.1) is 0 Å². The molecule has 3 aromatic rings. The third kappa shape index (κ3) is 5.68. The van der Waals surface area contributed by atoms with Crippen LogP contribution in [0.2, 0.25) is 0 Å². The lowest BCUT2D eigenvalue weighted by Gasteiger charge is -2.26. The SMILES string of the molecule is CCOc1ccc(CNC(=O)CN(c2ccccc2CC)S(=O)(=O)c2ccccc2)cc1. The molecule has 0 saturated carbocycles. The Labute approximate surface area is 189 Å². The Hall–Kier alpha value is -3.32. The van der Waals surface area contributed by atoms with Crippen LogP contribution in [0.4, 0.5) is 5.69 Å². The minimum absolute atomic E-state index is 0.144. The number of sulfonamides is 1. The van der Waals surface area contributed by atoms with Gasteiger partial charge in [-0.2, -0.15) is 0 Å². The third-order valence-electron chi connectivity index (χ3n) is 4.98. The highest BCUT2D eigenvalue weighted by Crippen LogP contribution is 2.27. The maximum Gasteiger partial charge on any atom is 0.264 e. The van der Waals surface area contributed by atoms with E-state index in [1.165, 1.54) is 16.4 Å². The lowest BCUT2D eigenvalue weighted by Crippen LogP contribution is -2.41. The first-order valence-corrected chi connectivity index (χ1v) is 12.0. The van der Waals surface area contributed by atoms with Gasteiger partial charge in [-0.15, -0.1) is 0 Å². The van der Waals surface area contributed by atoms with Crippen LogP contribution in [0.3, 0.4) is 0 Å². The maximum absolute atomic E-state index is 13.4. The molecule has 0 heterocycles. The highest BCUT2D eigenvalue weighted by molar-refractivity contribution is 7.92. The summed E-state index contributed by atoms with van der Waals surface area (Å²) >= 11 is 0. The number of carbonyl (C=O) groups is 1. The maximum atomic E-state index is 13.4. The molecule has 0 radical (unpaired) electrons. The topological polar surface area (TPSA) is 75.7 Å². The van der Waals surface area contributed by atoms with E-state index in [0.29, 0.717) is 25.3 Å². The van der Waals surface area contributed by atoms with Crippen LogP contribution in [0.5, 0.6) is 5.75 Å². The van der Waals surface area contributed by atoms with Gasteiger partial charge in [0, 0.05) is 6.54 Å². The van der Waals surface area contributed by atoms with Crippen LogP contribution < -0.4 is 14.4 Å². The number of amides is 1. The molecule has 0 aliphatic heterocycles. The molecule has 7 heteroatoms. The van der Waals surface area contributed by atoms with Gasteiger partial charge in [-0.05, 0) is 54.8 Å². The van der Waals surface area contributed by atoms with Crippen molar-refractivity contribution in [2.75, 3.05) is 17.5 Å². The molecule has 0 unspecified atom stereocenters. The van der Waals surface area contributed by atoms with E-state index in [1.807, 2.05) is 50.2 Å². The van der Waals surface area contributed by atoms with Crippen molar-refractivity contribution in [2.45, 2.75) is 31.7 Å². The van der Waals surface area contributed by atoms with Crippen molar-refractivity contribution in [1.29, 1.82) is 0 Å². The first-order chi connectivity index (χ1) is 15.5. The van der Waals surface area contributed by atoms with Crippen molar-refractivity contribution in [3.05, 3.63) is 90.0 Å². The summed E-state index contributed by atoms with van der Waals surface area (Å²) in [6, 6.07) is 22.8.